The molecule has 1 atom stereocenters. The lowest BCUT2D eigenvalue weighted by Crippen LogP contribution is -2.41. The summed E-state index contributed by atoms with van der Waals surface area (Å²) in [5, 5.41) is 9.23. The van der Waals surface area contributed by atoms with Gasteiger partial charge in [0, 0.05) is 4.90 Å². The van der Waals surface area contributed by atoms with Crippen LogP contribution in [0.5, 0.6) is 0 Å². The number of carbonyl (C=O) groups is 2. The lowest BCUT2D eigenvalue weighted by atomic mass is 10.1. The lowest BCUT2D eigenvalue weighted by molar-refractivity contribution is -0.138. The van der Waals surface area contributed by atoms with Crippen LogP contribution in [0, 0.1) is 0 Å². The Kier molecular flexibility index (Phi) is 5.04. The van der Waals surface area contributed by atoms with Crippen LogP contribution in [0.3, 0.4) is 0 Å². The van der Waals surface area contributed by atoms with Crippen molar-refractivity contribution in [1.82, 2.24) is 0 Å². The highest BCUT2D eigenvalue weighted by Crippen LogP contribution is 2.41. The quantitative estimate of drug-likeness (QED) is 0.848. The van der Waals surface area contributed by atoms with Crippen LogP contribution in [0.4, 0.5) is 5.69 Å². The summed E-state index contributed by atoms with van der Waals surface area (Å²) in [6.07, 6.45) is -0.225. The van der Waals surface area contributed by atoms with Crippen LogP contribution in [0.1, 0.15) is 12.0 Å². The number of carboxylic acids is 1. The topological polar surface area (TPSA) is 57.6 Å². The van der Waals surface area contributed by atoms with Crippen molar-refractivity contribution in [2.24, 2.45) is 0 Å². The molecule has 0 saturated heterocycles. The highest BCUT2D eigenvalue weighted by molar-refractivity contribution is 8.01. The molecule has 124 valence electrons. The second-order valence-corrected chi connectivity index (χ2v) is 7.34. The molecule has 1 amide bonds. The Balaban J connectivity index is 1.99. The van der Waals surface area contributed by atoms with E-state index < -0.39 is 11.2 Å². The van der Waals surface area contributed by atoms with Crippen molar-refractivity contribution in [2.45, 2.75) is 23.1 Å². The van der Waals surface area contributed by atoms with Gasteiger partial charge in [-0.25, -0.2) is 0 Å². The molecule has 1 unspecified atom stereocenters. The number of rotatable bonds is 4. The number of para-hydroxylation sites is 1. The number of hydrogen-bond acceptors (Lipinski definition) is 3. The van der Waals surface area contributed by atoms with Crippen LogP contribution in [0.25, 0.3) is 0 Å². The lowest BCUT2D eigenvalue weighted by Gasteiger charge is -2.33. The van der Waals surface area contributed by atoms with E-state index in [4.69, 9.17) is 28.3 Å². The van der Waals surface area contributed by atoms with Crippen molar-refractivity contribution in [3.63, 3.8) is 0 Å². The average molecular weight is 382 g/mol. The summed E-state index contributed by atoms with van der Waals surface area (Å²) in [5.74, 6) is -1.24. The van der Waals surface area contributed by atoms with Crippen LogP contribution in [-0.2, 0) is 16.1 Å². The van der Waals surface area contributed by atoms with Gasteiger partial charge in [-0.1, -0.05) is 47.5 Å². The van der Waals surface area contributed by atoms with Crippen LogP contribution in [0.2, 0.25) is 10.0 Å². The highest BCUT2D eigenvalue weighted by atomic mass is 35.5. The third kappa shape index (κ3) is 3.38. The first-order valence-electron chi connectivity index (χ1n) is 7.19. The summed E-state index contributed by atoms with van der Waals surface area (Å²) in [7, 11) is 0. The zero-order valence-electron chi connectivity index (χ0n) is 12.4. The first kappa shape index (κ1) is 17.1. The predicted molar refractivity (Wildman–Crippen MR) is 96.0 cm³/mol. The highest BCUT2D eigenvalue weighted by Gasteiger charge is 2.35. The van der Waals surface area contributed by atoms with Crippen LogP contribution < -0.4 is 4.90 Å². The van der Waals surface area contributed by atoms with Crippen molar-refractivity contribution >= 4 is 52.5 Å². The van der Waals surface area contributed by atoms with E-state index in [0.29, 0.717) is 15.6 Å². The fraction of sp³-hybridized carbons (Fsp3) is 0.176. The van der Waals surface area contributed by atoms with E-state index in [1.165, 1.54) is 11.8 Å². The molecule has 0 spiro atoms. The number of hydrogen-bond donors (Lipinski definition) is 1. The van der Waals surface area contributed by atoms with E-state index in [2.05, 4.69) is 0 Å². The van der Waals surface area contributed by atoms with E-state index >= 15 is 0 Å². The minimum Gasteiger partial charge on any atom is -0.481 e. The van der Waals surface area contributed by atoms with Gasteiger partial charge >= 0.3 is 5.97 Å². The number of aliphatic carboxylic acids is 1. The number of amides is 1. The van der Waals surface area contributed by atoms with Gasteiger partial charge in [0.1, 0.15) is 0 Å². The van der Waals surface area contributed by atoms with Crippen molar-refractivity contribution < 1.29 is 14.7 Å². The maximum Gasteiger partial charge on any atom is 0.305 e. The van der Waals surface area contributed by atoms with Crippen LogP contribution in [0.15, 0.2) is 47.4 Å². The molecule has 24 heavy (non-hydrogen) atoms. The Morgan fingerprint density at radius 2 is 1.92 bits per heavy atom. The third-order valence-corrected chi connectivity index (χ3v) is 5.80. The Morgan fingerprint density at radius 3 is 2.67 bits per heavy atom. The molecule has 1 aliphatic rings. The van der Waals surface area contributed by atoms with Crippen LogP contribution in [-0.4, -0.2) is 22.2 Å². The molecular formula is C17H13Cl2NO3S. The standard InChI is InChI=1S/C17H13Cl2NO3S/c18-11-5-3-4-10(16(11)19)9-20-12-6-1-2-7-13(12)24-14(17(20)23)8-15(21)22/h1-7,14H,8-9H2,(H,21,22). The van der Waals surface area contributed by atoms with Gasteiger partial charge in [-0.05, 0) is 23.8 Å². The Hall–Kier alpha value is -1.69. The van der Waals surface area contributed by atoms with Crippen molar-refractivity contribution in [2.75, 3.05) is 4.90 Å². The number of fused-ring (bicyclic) bond motifs is 1. The molecule has 1 N–H and O–H groups in total. The number of halogens is 2. The van der Waals surface area contributed by atoms with E-state index in [0.717, 1.165) is 10.6 Å². The number of carbonyl (C=O) groups excluding carboxylic acids is 1. The summed E-state index contributed by atoms with van der Waals surface area (Å²) in [5.41, 5.74) is 1.47. The van der Waals surface area contributed by atoms with Crippen molar-refractivity contribution in [3.05, 3.63) is 58.1 Å². The molecule has 3 rings (SSSR count). The SMILES string of the molecule is O=C(O)CC1Sc2ccccc2N(Cc2cccc(Cl)c2Cl)C1=O. The van der Waals surface area contributed by atoms with E-state index in [1.54, 1.807) is 23.1 Å². The van der Waals surface area contributed by atoms with Gasteiger partial charge in [-0.2, -0.15) is 0 Å². The molecule has 0 aromatic heterocycles. The van der Waals surface area contributed by atoms with Gasteiger partial charge in [0.2, 0.25) is 5.91 Å². The Labute approximate surface area is 153 Å². The van der Waals surface area contributed by atoms with E-state index in [9.17, 15) is 9.59 Å². The largest absolute Gasteiger partial charge is 0.481 e. The van der Waals surface area contributed by atoms with Gasteiger partial charge in [-0.3, -0.25) is 9.59 Å². The number of anilines is 1. The minimum absolute atomic E-state index is 0.225. The second-order valence-electron chi connectivity index (χ2n) is 5.31. The monoisotopic (exact) mass is 381 g/mol. The Morgan fingerprint density at radius 1 is 1.17 bits per heavy atom. The normalized spacial score (nSPS) is 16.8. The maximum atomic E-state index is 12.8. The fourth-order valence-electron chi connectivity index (χ4n) is 2.57. The molecule has 0 aliphatic carbocycles. The summed E-state index contributed by atoms with van der Waals surface area (Å²) in [4.78, 5) is 26.3. The molecule has 0 saturated carbocycles. The molecular weight excluding hydrogens is 369 g/mol. The van der Waals surface area contributed by atoms with Crippen molar-refractivity contribution in [1.29, 1.82) is 0 Å². The smallest absolute Gasteiger partial charge is 0.305 e. The predicted octanol–water partition coefficient (Wildman–Crippen LogP) is 4.48. The molecule has 2 aromatic rings. The average Bonchev–Trinajstić information content (AvgIpc) is 2.55. The van der Waals surface area contributed by atoms with E-state index in [-0.39, 0.29) is 18.9 Å². The number of carboxylic acid groups (broad SMARTS) is 1. The fourth-order valence-corrected chi connectivity index (χ4v) is 4.16. The minimum atomic E-state index is -0.999. The first-order chi connectivity index (χ1) is 11.5. The van der Waals surface area contributed by atoms with Crippen molar-refractivity contribution in [3.8, 4) is 0 Å². The molecule has 4 nitrogen and oxygen atoms in total. The van der Waals surface area contributed by atoms with Gasteiger partial charge in [0.25, 0.3) is 0 Å². The third-order valence-electron chi connectivity index (χ3n) is 3.69. The van der Waals surface area contributed by atoms with Gasteiger partial charge in [-0.15, -0.1) is 11.8 Å². The molecule has 1 aliphatic heterocycles. The molecule has 1 heterocycles. The van der Waals surface area contributed by atoms with Gasteiger partial charge < -0.3 is 10.0 Å². The van der Waals surface area contributed by atoms with Gasteiger partial charge in [0.05, 0.1) is 33.9 Å². The van der Waals surface area contributed by atoms with E-state index in [1.807, 2.05) is 24.3 Å². The zero-order chi connectivity index (χ0) is 17.3. The zero-order valence-corrected chi connectivity index (χ0v) is 14.7. The number of nitrogens with zero attached hydrogens (tertiary/aromatic N) is 1. The molecule has 2 aromatic carbocycles. The number of benzene rings is 2. The summed E-state index contributed by atoms with van der Waals surface area (Å²) in [6, 6.07) is 12.7. The Bertz CT molecular complexity index is 812. The second kappa shape index (κ2) is 7.05. The molecule has 7 heteroatoms. The summed E-state index contributed by atoms with van der Waals surface area (Å²) in [6.45, 7) is 0.242. The van der Waals surface area contributed by atoms with Gasteiger partial charge in [0.15, 0.2) is 0 Å². The molecule has 0 bridgehead atoms. The first-order valence-corrected chi connectivity index (χ1v) is 8.82. The number of thioether (sulfide) groups is 1. The maximum absolute atomic E-state index is 12.8. The molecule has 0 fully saturated rings. The van der Waals surface area contributed by atoms with Crippen LogP contribution >= 0.6 is 35.0 Å². The summed E-state index contributed by atoms with van der Waals surface area (Å²) >= 11 is 13.6. The molecule has 0 radical (unpaired) electrons. The summed E-state index contributed by atoms with van der Waals surface area (Å²) < 4.78 is 0.